The van der Waals surface area contributed by atoms with Crippen LogP contribution in [-0.4, -0.2) is 19.5 Å². The third-order valence-corrected chi connectivity index (χ3v) is 6.35. The molecule has 3 aromatic rings. The number of hydrogen-bond donors (Lipinski definition) is 1. The van der Waals surface area contributed by atoms with E-state index in [4.69, 9.17) is 10.5 Å². The molecule has 0 unspecified atom stereocenters. The summed E-state index contributed by atoms with van der Waals surface area (Å²) < 4.78 is 33.4. The molecule has 0 amide bonds. The molecule has 5 nitrogen and oxygen atoms in total. The highest BCUT2D eigenvalue weighted by Crippen LogP contribution is 2.34. The van der Waals surface area contributed by atoms with Crippen molar-refractivity contribution in [1.82, 2.24) is 3.97 Å². The highest BCUT2D eigenvalue weighted by molar-refractivity contribution is 7.90. The van der Waals surface area contributed by atoms with Gasteiger partial charge in [-0.05, 0) is 42.7 Å². The Balaban J connectivity index is 0.00000261. The van der Waals surface area contributed by atoms with Gasteiger partial charge in [0.05, 0.1) is 17.5 Å². The maximum absolute atomic E-state index is 13.3. The van der Waals surface area contributed by atoms with E-state index in [9.17, 15) is 8.42 Å². The number of ether oxygens (including phenoxy) is 1. The predicted molar refractivity (Wildman–Crippen MR) is 111 cm³/mol. The summed E-state index contributed by atoms with van der Waals surface area (Å²) >= 11 is 0. The molecule has 0 spiro atoms. The highest BCUT2D eigenvalue weighted by atomic mass is 35.5. The van der Waals surface area contributed by atoms with Crippen LogP contribution in [0.2, 0.25) is 0 Å². The fourth-order valence-corrected chi connectivity index (χ4v) is 4.70. The molecule has 0 bridgehead atoms. The zero-order valence-corrected chi connectivity index (χ0v) is 17.5. The Morgan fingerprint density at radius 3 is 2.26 bits per heavy atom. The van der Waals surface area contributed by atoms with Gasteiger partial charge in [0.2, 0.25) is 0 Å². The van der Waals surface area contributed by atoms with Crippen molar-refractivity contribution >= 4 is 33.3 Å². The van der Waals surface area contributed by atoms with Crippen LogP contribution in [0.15, 0.2) is 47.4 Å². The average molecular weight is 409 g/mol. The van der Waals surface area contributed by atoms with Crippen LogP contribution in [0.3, 0.4) is 0 Å². The summed E-state index contributed by atoms with van der Waals surface area (Å²) in [5.74, 6) is 0.933. The minimum atomic E-state index is -3.76. The van der Waals surface area contributed by atoms with E-state index in [0.717, 1.165) is 16.5 Å². The normalized spacial score (nSPS) is 11.6. The van der Waals surface area contributed by atoms with Gasteiger partial charge in [-0.1, -0.05) is 31.5 Å². The molecule has 0 saturated carbocycles. The van der Waals surface area contributed by atoms with Gasteiger partial charge in [-0.25, -0.2) is 12.4 Å². The van der Waals surface area contributed by atoms with Gasteiger partial charge in [-0.15, -0.1) is 12.4 Å². The molecule has 0 aliphatic carbocycles. The molecule has 7 heteroatoms. The quantitative estimate of drug-likeness (QED) is 0.686. The summed E-state index contributed by atoms with van der Waals surface area (Å²) in [6, 6.07) is 12.4. The molecule has 0 atom stereocenters. The minimum Gasteiger partial charge on any atom is -0.496 e. The summed E-state index contributed by atoms with van der Waals surface area (Å²) in [4.78, 5) is 0.238. The molecule has 0 radical (unpaired) electrons. The summed E-state index contributed by atoms with van der Waals surface area (Å²) in [6.45, 7) is 6.20. The standard InChI is InChI=1S/C20H24N2O3S.ClH/c1-13(2)18-10-15-9-16(12-21)22(19(15)11-20(18)25-4)26(23,24)17-7-5-14(3)6-8-17;/h5-11,13H,12,21H2,1-4H3;1H. The number of aromatic nitrogens is 1. The van der Waals surface area contributed by atoms with Gasteiger partial charge < -0.3 is 10.5 Å². The van der Waals surface area contributed by atoms with Gasteiger partial charge in [0.25, 0.3) is 10.0 Å². The minimum absolute atomic E-state index is 0. The van der Waals surface area contributed by atoms with E-state index < -0.39 is 10.0 Å². The van der Waals surface area contributed by atoms with E-state index in [0.29, 0.717) is 17.0 Å². The molecule has 0 aliphatic heterocycles. The smallest absolute Gasteiger partial charge is 0.268 e. The Morgan fingerprint density at radius 1 is 1.11 bits per heavy atom. The van der Waals surface area contributed by atoms with E-state index in [2.05, 4.69) is 13.8 Å². The number of fused-ring (bicyclic) bond motifs is 1. The monoisotopic (exact) mass is 408 g/mol. The average Bonchev–Trinajstić information content (AvgIpc) is 2.99. The zero-order chi connectivity index (χ0) is 19.1. The topological polar surface area (TPSA) is 74.3 Å². The molecule has 27 heavy (non-hydrogen) atoms. The van der Waals surface area contributed by atoms with Crippen molar-refractivity contribution in [3.63, 3.8) is 0 Å². The number of nitrogens with two attached hydrogens (primary N) is 1. The molecular formula is C20H25ClN2O3S. The molecule has 0 fully saturated rings. The van der Waals surface area contributed by atoms with Crippen molar-refractivity contribution < 1.29 is 13.2 Å². The number of rotatable bonds is 5. The third-order valence-electron chi connectivity index (χ3n) is 4.57. The molecule has 1 aromatic heterocycles. The molecule has 2 aromatic carbocycles. The summed E-state index contributed by atoms with van der Waals surface area (Å²) in [5.41, 5.74) is 9.03. The van der Waals surface area contributed by atoms with Crippen molar-refractivity contribution in [3.8, 4) is 5.75 Å². The second kappa shape index (κ2) is 7.92. The lowest BCUT2D eigenvalue weighted by Gasteiger charge is -2.14. The molecule has 2 N–H and O–H groups in total. The summed E-state index contributed by atoms with van der Waals surface area (Å²) in [7, 11) is -2.16. The molecule has 0 aliphatic rings. The Morgan fingerprint density at radius 2 is 1.74 bits per heavy atom. The lowest BCUT2D eigenvalue weighted by Crippen LogP contribution is -2.17. The van der Waals surface area contributed by atoms with Gasteiger partial charge in [0, 0.05) is 23.7 Å². The van der Waals surface area contributed by atoms with Crippen LogP contribution in [0.5, 0.6) is 5.75 Å². The first kappa shape index (κ1) is 21.3. The van der Waals surface area contributed by atoms with Crippen molar-refractivity contribution in [2.75, 3.05) is 7.11 Å². The Hall–Kier alpha value is -2.02. The number of aryl methyl sites for hydroxylation is 1. The summed E-state index contributed by atoms with van der Waals surface area (Å²) in [6.07, 6.45) is 0. The van der Waals surface area contributed by atoms with Crippen molar-refractivity contribution in [2.24, 2.45) is 5.73 Å². The number of hydrogen-bond acceptors (Lipinski definition) is 4. The molecule has 0 saturated heterocycles. The Bertz CT molecular complexity index is 1060. The van der Waals surface area contributed by atoms with Crippen molar-refractivity contribution in [2.45, 2.75) is 38.1 Å². The summed E-state index contributed by atoms with van der Waals surface area (Å²) in [5, 5.41) is 0.839. The van der Waals surface area contributed by atoms with Gasteiger partial charge in [-0.2, -0.15) is 0 Å². The van der Waals surface area contributed by atoms with E-state index in [1.54, 1.807) is 37.4 Å². The Labute approximate surface area is 166 Å². The lowest BCUT2D eigenvalue weighted by atomic mass is 10.0. The third kappa shape index (κ3) is 3.70. The number of benzene rings is 2. The van der Waals surface area contributed by atoms with Crippen LogP contribution in [0.1, 0.15) is 36.6 Å². The maximum Gasteiger partial charge on any atom is 0.268 e. The van der Waals surface area contributed by atoms with E-state index in [-0.39, 0.29) is 29.8 Å². The van der Waals surface area contributed by atoms with Gasteiger partial charge in [0.1, 0.15) is 5.75 Å². The zero-order valence-electron chi connectivity index (χ0n) is 15.9. The van der Waals surface area contributed by atoms with Crippen molar-refractivity contribution in [3.05, 3.63) is 59.3 Å². The highest BCUT2D eigenvalue weighted by Gasteiger charge is 2.24. The van der Waals surface area contributed by atoms with Gasteiger partial charge in [0.15, 0.2) is 0 Å². The second-order valence-electron chi connectivity index (χ2n) is 6.73. The predicted octanol–water partition coefficient (Wildman–Crippen LogP) is 4.20. The van der Waals surface area contributed by atoms with Crippen LogP contribution < -0.4 is 10.5 Å². The van der Waals surface area contributed by atoms with Gasteiger partial charge >= 0.3 is 0 Å². The molecular weight excluding hydrogens is 384 g/mol. The van der Waals surface area contributed by atoms with Crippen LogP contribution in [0.25, 0.3) is 10.9 Å². The lowest BCUT2D eigenvalue weighted by molar-refractivity contribution is 0.408. The van der Waals surface area contributed by atoms with Crippen LogP contribution >= 0.6 is 12.4 Å². The first-order valence-electron chi connectivity index (χ1n) is 8.54. The largest absolute Gasteiger partial charge is 0.496 e. The van der Waals surface area contributed by atoms with Crippen LogP contribution in [0, 0.1) is 6.92 Å². The van der Waals surface area contributed by atoms with E-state index >= 15 is 0 Å². The molecule has 1 heterocycles. The van der Waals surface area contributed by atoms with Crippen LogP contribution in [0.4, 0.5) is 0 Å². The number of halogens is 1. The van der Waals surface area contributed by atoms with E-state index in [1.807, 2.05) is 19.1 Å². The van der Waals surface area contributed by atoms with Crippen molar-refractivity contribution in [1.29, 1.82) is 0 Å². The first-order chi connectivity index (χ1) is 12.3. The molecule has 3 rings (SSSR count). The molecule has 146 valence electrons. The van der Waals surface area contributed by atoms with Gasteiger partial charge in [-0.3, -0.25) is 0 Å². The second-order valence-corrected chi connectivity index (χ2v) is 8.52. The number of methoxy groups -OCH3 is 1. The number of nitrogens with zero attached hydrogens (tertiary/aromatic N) is 1. The maximum atomic E-state index is 13.3. The Kier molecular flexibility index (Phi) is 6.24. The van der Waals surface area contributed by atoms with Crippen LogP contribution in [-0.2, 0) is 16.6 Å². The fourth-order valence-electron chi connectivity index (χ4n) is 3.16. The fraction of sp³-hybridized carbons (Fsp3) is 0.300. The van der Waals surface area contributed by atoms with E-state index in [1.165, 1.54) is 3.97 Å². The first-order valence-corrected chi connectivity index (χ1v) is 9.98. The SMILES string of the molecule is COc1cc2c(cc1C(C)C)cc(CN)n2S(=O)(=O)c1ccc(C)cc1.Cl.